The van der Waals surface area contributed by atoms with Crippen LogP contribution in [0, 0.1) is 13.8 Å². The van der Waals surface area contributed by atoms with Crippen LogP contribution in [0.3, 0.4) is 0 Å². The van der Waals surface area contributed by atoms with Crippen molar-refractivity contribution in [3.8, 4) is 5.75 Å². The van der Waals surface area contributed by atoms with Crippen molar-refractivity contribution >= 4 is 5.96 Å². The van der Waals surface area contributed by atoms with Gasteiger partial charge < -0.3 is 20.1 Å². The Morgan fingerprint density at radius 3 is 2.55 bits per heavy atom. The molecule has 0 saturated carbocycles. The lowest BCUT2D eigenvalue weighted by atomic mass is 10.1. The van der Waals surface area contributed by atoms with Crippen LogP contribution in [0.5, 0.6) is 5.75 Å². The largest absolute Gasteiger partial charge is 0.492 e. The first-order valence-corrected chi connectivity index (χ1v) is 6.99. The second-order valence-corrected chi connectivity index (χ2v) is 5.01. The number of aliphatic imine (C=N–C) groups is 1. The van der Waals surface area contributed by atoms with Gasteiger partial charge in [0.25, 0.3) is 0 Å². The Labute approximate surface area is 120 Å². The maximum Gasteiger partial charge on any atom is 0.191 e. The molecule has 0 atom stereocenters. The average molecular weight is 277 g/mol. The Kier molecular flexibility index (Phi) is 5.24. The highest BCUT2D eigenvalue weighted by atomic mass is 16.5. The quantitative estimate of drug-likeness (QED) is 0.512. The normalized spacial score (nSPS) is 16.3. The van der Waals surface area contributed by atoms with Crippen molar-refractivity contribution in [2.24, 2.45) is 10.7 Å². The summed E-state index contributed by atoms with van der Waals surface area (Å²) in [4.78, 5) is 6.39. The third kappa shape index (κ3) is 4.42. The van der Waals surface area contributed by atoms with E-state index in [-0.39, 0.29) is 0 Å². The van der Waals surface area contributed by atoms with Gasteiger partial charge in [-0.2, -0.15) is 0 Å². The summed E-state index contributed by atoms with van der Waals surface area (Å²) in [6.07, 6.45) is 0. The van der Waals surface area contributed by atoms with E-state index in [1.165, 1.54) is 11.1 Å². The Balaban J connectivity index is 1.77. The van der Waals surface area contributed by atoms with Gasteiger partial charge in [0.05, 0.1) is 19.8 Å². The van der Waals surface area contributed by atoms with Gasteiger partial charge in [-0.25, -0.2) is 4.99 Å². The van der Waals surface area contributed by atoms with Crippen LogP contribution >= 0.6 is 0 Å². The molecule has 110 valence electrons. The molecule has 5 nitrogen and oxygen atoms in total. The predicted octanol–water partition coefficient (Wildman–Crippen LogP) is 1.33. The van der Waals surface area contributed by atoms with Gasteiger partial charge in [-0.05, 0) is 37.1 Å². The molecular weight excluding hydrogens is 254 g/mol. The third-order valence-electron chi connectivity index (χ3n) is 3.16. The molecule has 1 aliphatic heterocycles. The lowest BCUT2D eigenvalue weighted by Gasteiger charge is -2.27. The van der Waals surface area contributed by atoms with Crippen LogP contribution < -0.4 is 10.5 Å². The van der Waals surface area contributed by atoms with Crippen LogP contribution in [0.4, 0.5) is 0 Å². The van der Waals surface area contributed by atoms with Gasteiger partial charge in [-0.1, -0.05) is 6.07 Å². The summed E-state index contributed by atoms with van der Waals surface area (Å²) in [6, 6.07) is 6.19. The Hall–Kier alpha value is -1.75. The fraction of sp³-hybridized carbons (Fsp3) is 0.533. The monoisotopic (exact) mass is 277 g/mol. The zero-order valence-electron chi connectivity index (χ0n) is 12.3. The van der Waals surface area contributed by atoms with E-state index >= 15 is 0 Å². The van der Waals surface area contributed by atoms with Crippen molar-refractivity contribution in [3.05, 3.63) is 29.3 Å². The van der Waals surface area contributed by atoms with Crippen molar-refractivity contribution in [1.29, 1.82) is 0 Å². The molecule has 1 aromatic carbocycles. The highest BCUT2D eigenvalue weighted by Crippen LogP contribution is 2.15. The molecule has 0 aromatic heterocycles. The van der Waals surface area contributed by atoms with Crippen LogP contribution in [0.2, 0.25) is 0 Å². The lowest BCUT2D eigenvalue weighted by molar-refractivity contribution is 0.0674. The summed E-state index contributed by atoms with van der Waals surface area (Å²) in [6.45, 7) is 8.29. The summed E-state index contributed by atoms with van der Waals surface area (Å²) >= 11 is 0. The van der Waals surface area contributed by atoms with E-state index in [1.807, 2.05) is 17.0 Å². The number of hydrogen-bond acceptors (Lipinski definition) is 3. The molecule has 1 saturated heterocycles. The zero-order chi connectivity index (χ0) is 14.4. The standard InChI is InChI=1S/C15H23N3O2/c1-12-9-13(2)11-14(10-12)20-6-3-17-15(16)18-4-7-19-8-5-18/h9-11H,3-8H2,1-2H3,(H2,16,17). The predicted molar refractivity (Wildman–Crippen MR) is 80.3 cm³/mol. The summed E-state index contributed by atoms with van der Waals surface area (Å²) < 4.78 is 11.0. The van der Waals surface area contributed by atoms with E-state index in [2.05, 4.69) is 24.9 Å². The molecule has 1 heterocycles. The molecule has 1 aliphatic rings. The van der Waals surface area contributed by atoms with E-state index in [0.717, 1.165) is 32.1 Å². The minimum absolute atomic E-state index is 0.536. The summed E-state index contributed by atoms with van der Waals surface area (Å²) in [5, 5.41) is 0. The molecule has 0 aliphatic carbocycles. The highest BCUT2D eigenvalue weighted by molar-refractivity contribution is 5.78. The Morgan fingerprint density at radius 2 is 1.90 bits per heavy atom. The third-order valence-corrected chi connectivity index (χ3v) is 3.16. The molecule has 0 unspecified atom stereocenters. The number of hydrogen-bond donors (Lipinski definition) is 1. The number of ether oxygens (including phenoxy) is 2. The van der Waals surface area contributed by atoms with Gasteiger partial charge in [0, 0.05) is 13.1 Å². The van der Waals surface area contributed by atoms with E-state index in [4.69, 9.17) is 15.2 Å². The molecule has 1 aromatic rings. The first kappa shape index (κ1) is 14.7. The number of rotatable bonds is 4. The minimum atomic E-state index is 0.536. The van der Waals surface area contributed by atoms with E-state index in [1.54, 1.807) is 0 Å². The molecule has 5 heteroatoms. The number of nitrogens with zero attached hydrogens (tertiary/aromatic N) is 2. The fourth-order valence-electron chi connectivity index (χ4n) is 2.23. The zero-order valence-corrected chi connectivity index (χ0v) is 12.3. The van der Waals surface area contributed by atoms with Gasteiger partial charge in [0.2, 0.25) is 0 Å². The second-order valence-electron chi connectivity index (χ2n) is 5.01. The van der Waals surface area contributed by atoms with Gasteiger partial charge in [0.1, 0.15) is 12.4 Å². The number of guanidine groups is 1. The molecular formula is C15H23N3O2. The van der Waals surface area contributed by atoms with Crippen LogP contribution in [-0.4, -0.2) is 50.3 Å². The molecule has 2 N–H and O–H groups in total. The van der Waals surface area contributed by atoms with E-state index in [0.29, 0.717) is 19.1 Å². The van der Waals surface area contributed by atoms with Crippen molar-refractivity contribution in [3.63, 3.8) is 0 Å². The van der Waals surface area contributed by atoms with Crippen molar-refractivity contribution < 1.29 is 9.47 Å². The lowest BCUT2D eigenvalue weighted by Crippen LogP contribution is -2.45. The van der Waals surface area contributed by atoms with Crippen LogP contribution in [0.1, 0.15) is 11.1 Å². The molecule has 0 bridgehead atoms. The highest BCUT2D eigenvalue weighted by Gasteiger charge is 2.11. The van der Waals surface area contributed by atoms with Gasteiger partial charge in [-0.15, -0.1) is 0 Å². The first-order chi connectivity index (χ1) is 9.65. The van der Waals surface area contributed by atoms with Gasteiger partial charge in [-0.3, -0.25) is 0 Å². The number of morpholine rings is 1. The van der Waals surface area contributed by atoms with Gasteiger partial charge in [0.15, 0.2) is 5.96 Å². The number of nitrogens with two attached hydrogens (primary N) is 1. The topological polar surface area (TPSA) is 60.1 Å². The Morgan fingerprint density at radius 1 is 1.25 bits per heavy atom. The smallest absolute Gasteiger partial charge is 0.191 e. The first-order valence-electron chi connectivity index (χ1n) is 6.99. The number of aryl methyl sites for hydroxylation is 2. The summed E-state index contributed by atoms with van der Waals surface area (Å²) in [5.74, 6) is 1.47. The summed E-state index contributed by atoms with van der Waals surface area (Å²) in [5.41, 5.74) is 8.35. The van der Waals surface area contributed by atoms with Crippen molar-refractivity contribution in [1.82, 2.24) is 4.90 Å². The van der Waals surface area contributed by atoms with E-state index < -0.39 is 0 Å². The van der Waals surface area contributed by atoms with Crippen LogP contribution in [0.15, 0.2) is 23.2 Å². The van der Waals surface area contributed by atoms with Crippen molar-refractivity contribution in [2.45, 2.75) is 13.8 Å². The molecule has 0 spiro atoms. The fourth-order valence-corrected chi connectivity index (χ4v) is 2.23. The van der Waals surface area contributed by atoms with E-state index in [9.17, 15) is 0 Å². The molecule has 2 rings (SSSR count). The summed E-state index contributed by atoms with van der Waals surface area (Å²) in [7, 11) is 0. The second kappa shape index (κ2) is 7.14. The van der Waals surface area contributed by atoms with Crippen LogP contribution in [-0.2, 0) is 4.74 Å². The number of benzene rings is 1. The molecule has 0 radical (unpaired) electrons. The molecule has 0 amide bonds. The van der Waals surface area contributed by atoms with Crippen molar-refractivity contribution in [2.75, 3.05) is 39.5 Å². The van der Waals surface area contributed by atoms with Crippen LogP contribution in [0.25, 0.3) is 0 Å². The minimum Gasteiger partial charge on any atom is -0.492 e. The maximum atomic E-state index is 5.94. The molecule has 1 fully saturated rings. The SMILES string of the molecule is Cc1cc(C)cc(OCCN=C(N)N2CCOCC2)c1. The molecule has 20 heavy (non-hydrogen) atoms. The maximum absolute atomic E-state index is 5.94. The Bertz CT molecular complexity index is 448. The van der Waals surface area contributed by atoms with Gasteiger partial charge >= 0.3 is 0 Å². The average Bonchev–Trinajstić information content (AvgIpc) is 2.43.